The topological polar surface area (TPSA) is 72.1 Å². The lowest BCUT2D eigenvalue weighted by Crippen LogP contribution is -2.45. The van der Waals surface area contributed by atoms with Crippen molar-refractivity contribution in [2.24, 2.45) is 5.16 Å². The van der Waals surface area contributed by atoms with E-state index in [4.69, 9.17) is 9.57 Å². The number of aromatic nitrogens is 2. The van der Waals surface area contributed by atoms with E-state index in [0.717, 1.165) is 42.2 Å². The quantitative estimate of drug-likeness (QED) is 0.475. The van der Waals surface area contributed by atoms with Crippen LogP contribution in [0.3, 0.4) is 0 Å². The van der Waals surface area contributed by atoms with E-state index in [9.17, 15) is 13.9 Å². The van der Waals surface area contributed by atoms with Crippen LogP contribution in [-0.4, -0.2) is 51.3 Å². The van der Waals surface area contributed by atoms with Gasteiger partial charge in [-0.3, -0.25) is 0 Å². The second-order valence-electron chi connectivity index (χ2n) is 9.40. The third-order valence-electron chi connectivity index (χ3n) is 6.57. The van der Waals surface area contributed by atoms with Gasteiger partial charge >= 0.3 is 0 Å². The van der Waals surface area contributed by atoms with Crippen LogP contribution in [0.2, 0.25) is 0 Å². The van der Waals surface area contributed by atoms with Gasteiger partial charge in [0.15, 0.2) is 5.84 Å². The summed E-state index contributed by atoms with van der Waals surface area (Å²) >= 11 is 0. The summed E-state index contributed by atoms with van der Waals surface area (Å²) in [5, 5.41) is 15.1. The van der Waals surface area contributed by atoms with Gasteiger partial charge in [0.25, 0.3) is 0 Å². The first-order chi connectivity index (χ1) is 17.9. The van der Waals surface area contributed by atoms with Crippen molar-refractivity contribution in [3.05, 3.63) is 83.0 Å². The maximum absolute atomic E-state index is 14.2. The van der Waals surface area contributed by atoms with Crippen molar-refractivity contribution in [1.82, 2.24) is 14.5 Å². The van der Waals surface area contributed by atoms with Crippen LogP contribution in [-0.2, 0) is 9.57 Å². The summed E-state index contributed by atoms with van der Waals surface area (Å²) < 4.78 is 36.3. The molecule has 0 radical (unpaired) electrons. The van der Waals surface area contributed by atoms with Gasteiger partial charge in [0.1, 0.15) is 30.1 Å². The van der Waals surface area contributed by atoms with Gasteiger partial charge in [-0.1, -0.05) is 18.1 Å². The molecule has 7 nitrogen and oxygen atoms in total. The molecule has 0 unspecified atom stereocenters. The van der Waals surface area contributed by atoms with Crippen LogP contribution in [0.4, 0.5) is 8.78 Å². The van der Waals surface area contributed by atoms with Gasteiger partial charge in [0.2, 0.25) is 0 Å². The summed E-state index contributed by atoms with van der Waals surface area (Å²) in [5.41, 5.74) is 3.68. The Morgan fingerprint density at radius 3 is 2.70 bits per heavy atom. The summed E-state index contributed by atoms with van der Waals surface area (Å²) in [4.78, 5) is 11.9. The number of benzene rings is 2. The summed E-state index contributed by atoms with van der Waals surface area (Å²) in [5.74, 6) is -0.537. The van der Waals surface area contributed by atoms with E-state index in [1.807, 2.05) is 43.2 Å². The number of hydrogen-bond donors (Lipinski definition) is 1. The number of fused-ring (bicyclic) bond motifs is 1. The predicted octanol–water partition coefficient (Wildman–Crippen LogP) is 5.52. The van der Waals surface area contributed by atoms with Crippen LogP contribution in [0.1, 0.15) is 49.0 Å². The van der Waals surface area contributed by atoms with Gasteiger partial charge in [-0.15, -0.1) is 0 Å². The van der Waals surface area contributed by atoms with Gasteiger partial charge in [-0.2, -0.15) is 0 Å². The summed E-state index contributed by atoms with van der Waals surface area (Å²) in [6.07, 6.45) is 7.38. The second kappa shape index (κ2) is 10.7. The number of piperidine rings is 1. The van der Waals surface area contributed by atoms with Crippen molar-refractivity contribution in [3.8, 4) is 11.4 Å². The highest BCUT2D eigenvalue weighted by atomic mass is 19.1. The average Bonchev–Trinajstić information content (AvgIpc) is 3.19. The van der Waals surface area contributed by atoms with Crippen LogP contribution in [0.25, 0.3) is 11.8 Å². The second-order valence-corrected chi connectivity index (χ2v) is 9.40. The minimum absolute atomic E-state index is 0.125. The molecule has 3 heterocycles. The first kappa shape index (κ1) is 25.0. The van der Waals surface area contributed by atoms with Crippen molar-refractivity contribution in [3.63, 3.8) is 0 Å². The number of hydrogen-bond acceptors (Lipinski definition) is 6. The molecule has 2 aliphatic rings. The highest BCUT2D eigenvalue weighted by molar-refractivity contribution is 6.02. The molecular formula is C28H30F2N4O3. The molecule has 1 fully saturated rings. The Balaban J connectivity index is 1.49. The summed E-state index contributed by atoms with van der Waals surface area (Å²) in [6, 6.07) is 8.56. The van der Waals surface area contributed by atoms with Crippen LogP contribution >= 0.6 is 0 Å². The number of nitrogens with zero attached hydrogens (tertiary/aromatic N) is 4. The van der Waals surface area contributed by atoms with Crippen molar-refractivity contribution < 1.29 is 23.5 Å². The molecule has 2 aromatic carbocycles. The van der Waals surface area contributed by atoms with Crippen molar-refractivity contribution in [2.75, 3.05) is 19.8 Å². The largest absolute Gasteiger partial charge is 0.506 e. The first-order valence-electron chi connectivity index (χ1n) is 12.5. The van der Waals surface area contributed by atoms with Gasteiger partial charge < -0.3 is 24.1 Å². The number of phenolic OH excluding ortho intramolecular Hbond substituents is 1. The molecule has 9 heteroatoms. The smallest absolute Gasteiger partial charge is 0.172 e. The summed E-state index contributed by atoms with van der Waals surface area (Å²) in [6.45, 7) is 5.19. The number of imidazole rings is 1. The van der Waals surface area contributed by atoms with E-state index in [-0.39, 0.29) is 12.4 Å². The Morgan fingerprint density at radius 2 is 2.00 bits per heavy atom. The lowest BCUT2D eigenvalue weighted by molar-refractivity contribution is -0.0405. The molecule has 0 aliphatic carbocycles. The van der Waals surface area contributed by atoms with Crippen molar-refractivity contribution in [1.29, 1.82) is 0 Å². The Hall–Kier alpha value is -3.72. The molecule has 37 heavy (non-hydrogen) atoms. The molecular weight excluding hydrogens is 478 g/mol. The van der Waals surface area contributed by atoms with Crippen LogP contribution in [0, 0.1) is 18.6 Å². The molecule has 2 aliphatic heterocycles. The molecule has 194 valence electrons. The lowest BCUT2D eigenvalue weighted by Gasteiger charge is -2.39. The highest BCUT2D eigenvalue weighted by Gasteiger charge is 2.38. The van der Waals surface area contributed by atoms with E-state index in [0.29, 0.717) is 30.2 Å². The Kier molecular flexibility index (Phi) is 7.23. The maximum atomic E-state index is 14.2. The number of rotatable bonds is 6. The van der Waals surface area contributed by atoms with Crippen LogP contribution in [0.5, 0.6) is 5.75 Å². The zero-order chi connectivity index (χ0) is 25.9. The number of amidine groups is 1. The Morgan fingerprint density at radius 1 is 1.19 bits per heavy atom. The number of oxime groups is 1. The summed E-state index contributed by atoms with van der Waals surface area (Å²) in [7, 11) is 0. The molecule has 1 saturated heterocycles. The highest BCUT2D eigenvalue weighted by Crippen LogP contribution is 2.36. The fourth-order valence-corrected chi connectivity index (χ4v) is 4.98. The third-order valence-corrected chi connectivity index (χ3v) is 6.57. The fourth-order valence-electron chi connectivity index (χ4n) is 4.98. The molecule has 0 saturated carbocycles. The van der Waals surface area contributed by atoms with E-state index < -0.39 is 23.8 Å². The molecule has 1 aromatic heterocycles. The maximum Gasteiger partial charge on any atom is 0.172 e. The van der Waals surface area contributed by atoms with Gasteiger partial charge in [-0.05, 0) is 73.2 Å². The molecule has 0 spiro atoms. The van der Waals surface area contributed by atoms with Crippen molar-refractivity contribution in [2.45, 2.75) is 45.3 Å². The minimum atomic E-state index is -0.635. The Bertz CT molecular complexity index is 1320. The monoisotopic (exact) mass is 508 g/mol. The van der Waals surface area contributed by atoms with Gasteiger partial charge in [-0.25, -0.2) is 13.8 Å². The van der Waals surface area contributed by atoms with Crippen molar-refractivity contribution >= 4 is 11.9 Å². The zero-order valence-electron chi connectivity index (χ0n) is 20.9. The molecule has 5 rings (SSSR count). The molecule has 1 N–H and O–H groups in total. The van der Waals surface area contributed by atoms with Gasteiger partial charge in [0.05, 0.1) is 23.8 Å². The molecule has 2 atom stereocenters. The van der Waals surface area contributed by atoms with Crippen LogP contribution < -0.4 is 0 Å². The number of aryl methyl sites for hydroxylation is 1. The van der Waals surface area contributed by atoms with E-state index in [2.05, 4.69) is 10.1 Å². The van der Waals surface area contributed by atoms with E-state index in [1.165, 1.54) is 12.1 Å². The normalized spacial score (nSPS) is 20.8. The zero-order valence-corrected chi connectivity index (χ0v) is 20.9. The third kappa shape index (κ3) is 5.36. The molecule has 0 amide bonds. The Labute approximate surface area is 214 Å². The number of halogens is 2. The van der Waals surface area contributed by atoms with Gasteiger partial charge in [0, 0.05) is 25.4 Å². The molecule has 3 aromatic rings. The fraction of sp³-hybridized carbons (Fsp3) is 0.357. The standard InChI is InChI=1S/C28H30F2N4O3/c1-3-9-36-26-16-37-32-28-20(5-4-8-34(28)27(26)21-12-22(29)14-23(30)13-21)10-19-6-7-24(25(35)11-19)33-15-18(2)31-17-33/h6-7,10-15,17,26-27,35H,3-5,8-9,16H2,1-2H3/b20-10+/t26-,27+/m1/s1. The molecule has 0 bridgehead atoms. The number of phenols is 1. The number of ether oxygens (including phenoxy) is 1. The van der Waals surface area contributed by atoms with Crippen LogP contribution in [0.15, 0.2) is 59.7 Å². The SMILES string of the molecule is CCCO[C@@H]1CON=C2/C(=C/c3ccc(-n4cnc(C)c4)c(O)c3)CCCN2[C@H]1c1cc(F)cc(F)c1. The average molecular weight is 509 g/mol. The number of aromatic hydroxyl groups is 1. The minimum Gasteiger partial charge on any atom is -0.506 e. The first-order valence-corrected chi connectivity index (χ1v) is 12.5. The van der Waals surface area contributed by atoms with E-state index in [1.54, 1.807) is 17.0 Å². The lowest BCUT2D eigenvalue weighted by atomic mass is 9.93. The van der Waals surface area contributed by atoms with E-state index >= 15 is 0 Å². The predicted molar refractivity (Wildman–Crippen MR) is 136 cm³/mol.